The van der Waals surface area contributed by atoms with Crippen molar-refractivity contribution in [1.82, 2.24) is 19.2 Å². The quantitative estimate of drug-likeness (QED) is 0.714. The van der Waals surface area contributed by atoms with E-state index in [1.54, 1.807) is 0 Å². The highest BCUT2D eigenvalue weighted by molar-refractivity contribution is 5.75. The number of benzene rings is 1. The lowest BCUT2D eigenvalue weighted by molar-refractivity contribution is 0.130. The molecule has 2 aliphatic rings. The molecule has 1 aromatic carbocycles. The topological polar surface area (TPSA) is 43.1 Å². The number of piperidine rings is 1. The number of para-hydroxylation sites is 1. The fraction of sp³-hybridized carbons (Fsp3) is 0.429. The highest BCUT2D eigenvalue weighted by Crippen LogP contribution is 2.40. The zero-order valence-electron chi connectivity index (χ0n) is 15.3. The third-order valence-electron chi connectivity index (χ3n) is 6.29. The summed E-state index contributed by atoms with van der Waals surface area (Å²) in [6.45, 7) is 1.99. The van der Waals surface area contributed by atoms with Crippen LogP contribution in [0.2, 0.25) is 0 Å². The molecule has 0 amide bonds. The van der Waals surface area contributed by atoms with Crippen molar-refractivity contribution < 1.29 is 0 Å². The van der Waals surface area contributed by atoms with E-state index in [0.717, 1.165) is 29.9 Å². The fourth-order valence-electron chi connectivity index (χ4n) is 4.92. The van der Waals surface area contributed by atoms with Crippen molar-refractivity contribution in [2.45, 2.75) is 50.7 Å². The Morgan fingerprint density at radius 2 is 1.65 bits per heavy atom. The maximum Gasteiger partial charge on any atom is 0.280 e. The van der Waals surface area contributed by atoms with E-state index in [1.165, 1.54) is 12.8 Å². The standard InChI is InChI=1S/C21H24N4O/c1-14-8-11-19-20(22-14)24(18-12-16-9-10-17(13-18)23(16)2)25(21(19)26)15-6-4-3-5-7-15/h3-8,11,16-18H,9-10,12-13H2,1-2H3. The predicted octanol–water partition coefficient (Wildman–Crippen LogP) is 3.29. The van der Waals surface area contributed by atoms with Gasteiger partial charge >= 0.3 is 0 Å². The number of hydrogen-bond donors (Lipinski definition) is 0. The van der Waals surface area contributed by atoms with Gasteiger partial charge in [-0.05, 0) is 63.9 Å². The van der Waals surface area contributed by atoms with Gasteiger partial charge in [0, 0.05) is 17.8 Å². The van der Waals surface area contributed by atoms with Crippen LogP contribution in [0.3, 0.4) is 0 Å². The van der Waals surface area contributed by atoms with Gasteiger partial charge in [-0.25, -0.2) is 9.67 Å². The average Bonchev–Trinajstić information content (AvgIpc) is 3.03. The van der Waals surface area contributed by atoms with E-state index < -0.39 is 0 Å². The van der Waals surface area contributed by atoms with Crippen molar-refractivity contribution >= 4 is 11.0 Å². The Kier molecular flexibility index (Phi) is 3.54. The molecule has 5 heteroatoms. The molecule has 5 nitrogen and oxygen atoms in total. The van der Waals surface area contributed by atoms with Crippen LogP contribution in [0.25, 0.3) is 16.7 Å². The number of aryl methyl sites for hydroxylation is 1. The largest absolute Gasteiger partial charge is 0.300 e. The van der Waals surface area contributed by atoms with Crippen LogP contribution in [0.1, 0.15) is 37.4 Å². The van der Waals surface area contributed by atoms with E-state index in [9.17, 15) is 4.79 Å². The van der Waals surface area contributed by atoms with E-state index in [0.29, 0.717) is 23.5 Å². The molecule has 134 valence electrons. The van der Waals surface area contributed by atoms with Crippen LogP contribution in [0.15, 0.2) is 47.3 Å². The third kappa shape index (κ3) is 2.27. The van der Waals surface area contributed by atoms with Crippen molar-refractivity contribution in [1.29, 1.82) is 0 Å². The monoisotopic (exact) mass is 348 g/mol. The summed E-state index contributed by atoms with van der Waals surface area (Å²) in [6, 6.07) is 15.4. The number of hydrogen-bond acceptors (Lipinski definition) is 3. The summed E-state index contributed by atoms with van der Waals surface area (Å²) >= 11 is 0. The molecule has 5 rings (SSSR count). The number of fused-ring (bicyclic) bond motifs is 3. The zero-order valence-corrected chi connectivity index (χ0v) is 15.3. The van der Waals surface area contributed by atoms with Crippen LogP contribution in [0, 0.1) is 6.92 Å². The lowest BCUT2D eigenvalue weighted by atomic mass is 9.98. The fourth-order valence-corrected chi connectivity index (χ4v) is 4.92. The van der Waals surface area contributed by atoms with Gasteiger partial charge in [-0.15, -0.1) is 0 Å². The maximum absolute atomic E-state index is 13.2. The van der Waals surface area contributed by atoms with Crippen LogP contribution in [-0.4, -0.2) is 38.4 Å². The summed E-state index contributed by atoms with van der Waals surface area (Å²) in [5.74, 6) is 0. The van der Waals surface area contributed by atoms with Gasteiger partial charge in [-0.1, -0.05) is 18.2 Å². The molecule has 0 aliphatic carbocycles. The molecule has 26 heavy (non-hydrogen) atoms. The molecule has 2 bridgehead atoms. The van der Waals surface area contributed by atoms with Crippen molar-refractivity contribution in [2.24, 2.45) is 0 Å². The lowest BCUT2D eigenvalue weighted by Gasteiger charge is -2.37. The summed E-state index contributed by atoms with van der Waals surface area (Å²) in [7, 11) is 2.25. The SMILES string of the molecule is Cc1ccc2c(=O)n(-c3ccccc3)n(C3CC4CCC(C3)N4C)c2n1. The van der Waals surface area contributed by atoms with Gasteiger partial charge in [0.2, 0.25) is 0 Å². The Labute approximate surface area is 152 Å². The summed E-state index contributed by atoms with van der Waals surface area (Å²) in [6.07, 6.45) is 4.69. The Morgan fingerprint density at radius 1 is 0.962 bits per heavy atom. The smallest absolute Gasteiger partial charge is 0.280 e. The Balaban J connectivity index is 1.75. The second kappa shape index (κ2) is 5.81. The van der Waals surface area contributed by atoms with E-state index in [4.69, 9.17) is 4.98 Å². The van der Waals surface area contributed by atoms with E-state index in [-0.39, 0.29) is 5.56 Å². The average molecular weight is 348 g/mol. The van der Waals surface area contributed by atoms with Crippen LogP contribution in [0.4, 0.5) is 0 Å². The first kappa shape index (κ1) is 15.8. The molecule has 3 aromatic rings. The summed E-state index contributed by atoms with van der Waals surface area (Å²) < 4.78 is 4.05. The van der Waals surface area contributed by atoms with Gasteiger partial charge in [0.1, 0.15) is 0 Å². The predicted molar refractivity (Wildman–Crippen MR) is 103 cm³/mol. The minimum atomic E-state index is 0.0324. The minimum absolute atomic E-state index is 0.0324. The van der Waals surface area contributed by atoms with Crippen molar-refractivity contribution in [2.75, 3.05) is 7.05 Å². The highest BCUT2D eigenvalue weighted by Gasteiger charge is 2.40. The normalized spacial score (nSPS) is 25.8. The summed E-state index contributed by atoms with van der Waals surface area (Å²) in [4.78, 5) is 20.5. The van der Waals surface area contributed by atoms with Crippen LogP contribution in [0.5, 0.6) is 0 Å². The van der Waals surface area contributed by atoms with E-state index >= 15 is 0 Å². The van der Waals surface area contributed by atoms with Gasteiger partial charge in [-0.3, -0.25) is 9.48 Å². The molecule has 2 unspecified atom stereocenters. The molecule has 0 saturated carbocycles. The molecule has 2 aliphatic heterocycles. The van der Waals surface area contributed by atoms with Gasteiger partial charge in [0.15, 0.2) is 5.65 Å². The summed E-state index contributed by atoms with van der Waals surface area (Å²) in [5, 5.41) is 0.714. The first-order valence-electron chi connectivity index (χ1n) is 9.51. The lowest BCUT2D eigenvalue weighted by Crippen LogP contribution is -2.42. The number of aromatic nitrogens is 3. The molecule has 4 heterocycles. The van der Waals surface area contributed by atoms with Crippen molar-refractivity contribution in [3.63, 3.8) is 0 Å². The molecule has 0 radical (unpaired) electrons. The zero-order chi connectivity index (χ0) is 17.8. The number of pyridine rings is 1. The molecule has 0 N–H and O–H groups in total. The number of rotatable bonds is 2. The van der Waals surface area contributed by atoms with Crippen molar-refractivity contribution in [3.05, 3.63) is 58.5 Å². The minimum Gasteiger partial charge on any atom is -0.300 e. The first-order valence-corrected chi connectivity index (χ1v) is 9.51. The third-order valence-corrected chi connectivity index (χ3v) is 6.29. The van der Waals surface area contributed by atoms with E-state index in [2.05, 4.69) is 16.6 Å². The van der Waals surface area contributed by atoms with Crippen molar-refractivity contribution in [3.8, 4) is 5.69 Å². The van der Waals surface area contributed by atoms with Crippen LogP contribution >= 0.6 is 0 Å². The molecule has 2 fully saturated rings. The van der Waals surface area contributed by atoms with E-state index in [1.807, 2.05) is 54.1 Å². The molecule has 0 spiro atoms. The second-order valence-electron chi connectivity index (χ2n) is 7.80. The van der Waals surface area contributed by atoms with Crippen LogP contribution < -0.4 is 5.56 Å². The Bertz CT molecular complexity index is 1010. The van der Waals surface area contributed by atoms with Gasteiger partial charge in [-0.2, -0.15) is 0 Å². The number of nitrogens with zero attached hydrogens (tertiary/aromatic N) is 4. The first-order chi connectivity index (χ1) is 12.6. The second-order valence-corrected chi connectivity index (χ2v) is 7.80. The highest BCUT2D eigenvalue weighted by atomic mass is 16.1. The molecule has 2 atom stereocenters. The van der Waals surface area contributed by atoms with Crippen LogP contribution in [-0.2, 0) is 0 Å². The molecule has 2 aromatic heterocycles. The molecular formula is C21H24N4O. The van der Waals surface area contributed by atoms with Gasteiger partial charge < -0.3 is 4.90 Å². The Hall–Kier alpha value is -2.40. The molecule has 2 saturated heterocycles. The summed E-state index contributed by atoms with van der Waals surface area (Å²) in [5.41, 5.74) is 2.73. The maximum atomic E-state index is 13.2. The Morgan fingerprint density at radius 3 is 2.35 bits per heavy atom. The van der Waals surface area contributed by atoms with Gasteiger partial charge in [0.25, 0.3) is 5.56 Å². The molecular weight excluding hydrogens is 324 g/mol. The van der Waals surface area contributed by atoms with Gasteiger partial charge in [0.05, 0.1) is 17.1 Å².